The van der Waals surface area contributed by atoms with E-state index in [1.54, 1.807) is 31.4 Å². The zero-order chi connectivity index (χ0) is 18.6. The maximum Gasteiger partial charge on any atom is 0.235 e. The van der Waals surface area contributed by atoms with Gasteiger partial charge in [-0.15, -0.1) is 0 Å². The molecule has 2 aromatic carbocycles. The van der Waals surface area contributed by atoms with Gasteiger partial charge >= 0.3 is 0 Å². The van der Waals surface area contributed by atoms with Crippen LogP contribution in [0.15, 0.2) is 48.5 Å². The second kappa shape index (κ2) is 7.78. The Kier molecular flexibility index (Phi) is 5.46. The molecule has 0 bridgehead atoms. The van der Waals surface area contributed by atoms with Gasteiger partial charge in [-0.1, -0.05) is 18.2 Å². The third kappa shape index (κ3) is 4.35. The summed E-state index contributed by atoms with van der Waals surface area (Å²) >= 11 is 0. The first-order valence-electron chi connectivity index (χ1n) is 8.51. The minimum atomic E-state index is -3.23. The number of hydrogen-bond donors (Lipinski definition) is 1. The number of carbonyl (C=O) groups is 1. The zero-order valence-electron chi connectivity index (χ0n) is 14.6. The summed E-state index contributed by atoms with van der Waals surface area (Å²) < 4.78 is 30.6. The highest BCUT2D eigenvalue weighted by atomic mass is 32.2. The van der Waals surface area contributed by atoms with Gasteiger partial charge in [0.1, 0.15) is 5.75 Å². The number of nitrogens with one attached hydrogen (secondary N) is 1. The van der Waals surface area contributed by atoms with Crippen LogP contribution in [-0.2, 0) is 21.2 Å². The SMILES string of the molecule is COc1ccc(CCC(=O)Nc2cccc(N3CCCS3(=O)=O)c2)cc1. The lowest BCUT2D eigenvalue weighted by Gasteiger charge is -2.17. The first-order valence-corrected chi connectivity index (χ1v) is 10.1. The normalized spacial score (nSPS) is 15.7. The van der Waals surface area contributed by atoms with Crippen LogP contribution in [0.3, 0.4) is 0 Å². The Bertz CT molecular complexity index is 879. The molecule has 3 rings (SSSR count). The highest BCUT2D eigenvalue weighted by molar-refractivity contribution is 7.93. The Morgan fingerprint density at radius 1 is 1.19 bits per heavy atom. The summed E-state index contributed by atoms with van der Waals surface area (Å²) in [5, 5.41) is 2.84. The van der Waals surface area contributed by atoms with Crippen molar-refractivity contribution >= 4 is 27.3 Å². The third-order valence-corrected chi connectivity index (χ3v) is 6.19. The number of nitrogens with zero attached hydrogens (tertiary/aromatic N) is 1. The van der Waals surface area contributed by atoms with Crippen LogP contribution in [0.25, 0.3) is 0 Å². The number of carbonyl (C=O) groups excluding carboxylic acids is 1. The number of hydrogen-bond acceptors (Lipinski definition) is 4. The van der Waals surface area contributed by atoms with Crippen LogP contribution >= 0.6 is 0 Å². The molecule has 138 valence electrons. The molecule has 26 heavy (non-hydrogen) atoms. The topological polar surface area (TPSA) is 75.7 Å². The Labute approximate surface area is 153 Å². The van der Waals surface area contributed by atoms with Gasteiger partial charge in [-0.3, -0.25) is 9.10 Å². The van der Waals surface area contributed by atoms with Crippen molar-refractivity contribution in [3.63, 3.8) is 0 Å². The fourth-order valence-corrected chi connectivity index (χ4v) is 4.50. The van der Waals surface area contributed by atoms with Crippen LogP contribution in [0.5, 0.6) is 5.75 Å². The van der Waals surface area contributed by atoms with Gasteiger partial charge in [0.25, 0.3) is 0 Å². The second-order valence-corrected chi connectivity index (χ2v) is 8.20. The average Bonchev–Trinajstić information content (AvgIpc) is 3.00. The summed E-state index contributed by atoms with van der Waals surface area (Å²) in [6.07, 6.45) is 1.59. The van der Waals surface area contributed by atoms with Crippen LogP contribution in [0.1, 0.15) is 18.4 Å². The summed E-state index contributed by atoms with van der Waals surface area (Å²) in [7, 11) is -1.61. The number of sulfonamides is 1. The first kappa shape index (κ1) is 18.3. The van der Waals surface area contributed by atoms with Crippen molar-refractivity contribution in [1.29, 1.82) is 0 Å². The van der Waals surface area contributed by atoms with Crippen LogP contribution in [0, 0.1) is 0 Å². The molecule has 0 radical (unpaired) electrons. The molecule has 1 amide bonds. The van der Waals surface area contributed by atoms with Crippen LogP contribution in [0.4, 0.5) is 11.4 Å². The molecule has 1 heterocycles. The minimum absolute atomic E-state index is 0.109. The molecule has 0 aliphatic carbocycles. The van der Waals surface area contributed by atoms with Crippen molar-refractivity contribution in [2.45, 2.75) is 19.3 Å². The molecule has 0 saturated carbocycles. The Hall–Kier alpha value is -2.54. The smallest absolute Gasteiger partial charge is 0.235 e. The number of anilines is 2. The summed E-state index contributed by atoms with van der Waals surface area (Å²) in [5.74, 6) is 0.847. The number of ether oxygens (including phenoxy) is 1. The number of amides is 1. The molecule has 0 atom stereocenters. The fraction of sp³-hybridized carbons (Fsp3) is 0.316. The number of rotatable bonds is 6. The van der Waals surface area contributed by atoms with Crippen LogP contribution in [0.2, 0.25) is 0 Å². The van der Waals surface area contributed by atoms with E-state index in [-0.39, 0.29) is 11.7 Å². The van der Waals surface area contributed by atoms with E-state index in [1.807, 2.05) is 24.3 Å². The highest BCUT2D eigenvalue weighted by Crippen LogP contribution is 2.26. The van der Waals surface area contributed by atoms with Gasteiger partial charge in [0, 0.05) is 18.7 Å². The second-order valence-electron chi connectivity index (χ2n) is 6.19. The lowest BCUT2D eigenvalue weighted by atomic mass is 10.1. The molecule has 6 nitrogen and oxygen atoms in total. The average molecular weight is 374 g/mol. The van der Waals surface area contributed by atoms with E-state index in [0.717, 1.165) is 11.3 Å². The van der Waals surface area contributed by atoms with Crippen molar-refractivity contribution < 1.29 is 17.9 Å². The van der Waals surface area contributed by atoms with Gasteiger partial charge in [-0.2, -0.15) is 0 Å². The van der Waals surface area contributed by atoms with E-state index >= 15 is 0 Å². The van der Waals surface area contributed by atoms with Crippen LogP contribution in [-0.4, -0.2) is 33.7 Å². The molecule has 7 heteroatoms. The number of methoxy groups -OCH3 is 1. The van der Waals surface area contributed by atoms with Crippen molar-refractivity contribution in [1.82, 2.24) is 0 Å². The van der Waals surface area contributed by atoms with E-state index in [4.69, 9.17) is 4.74 Å². The van der Waals surface area contributed by atoms with Gasteiger partial charge < -0.3 is 10.1 Å². The van der Waals surface area contributed by atoms with Gasteiger partial charge in [0.15, 0.2) is 0 Å². The Balaban J connectivity index is 1.59. The standard InChI is InChI=1S/C19H22N2O4S/c1-25-18-9-6-15(7-10-18)8-11-19(22)20-16-4-2-5-17(14-16)21-12-3-13-26(21,23)24/h2,4-7,9-10,14H,3,8,11-13H2,1H3,(H,20,22). The van der Waals surface area contributed by atoms with Gasteiger partial charge in [0.05, 0.1) is 18.6 Å². The fourth-order valence-electron chi connectivity index (χ4n) is 2.94. The number of benzene rings is 2. The molecule has 1 aliphatic rings. The van der Waals surface area contributed by atoms with E-state index in [1.165, 1.54) is 4.31 Å². The molecule has 2 aromatic rings. The molecule has 0 aromatic heterocycles. The van der Waals surface area contributed by atoms with Crippen molar-refractivity contribution in [3.8, 4) is 5.75 Å². The Morgan fingerprint density at radius 2 is 1.96 bits per heavy atom. The van der Waals surface area contributed by atoms with E-state index in [0.29, 0.717) is 37.2 Å². The van der Waals surface area contributed by atoms with E-state index < -0.39 is 10.0 Å². The monoisotopic (exact) mass is 374 g/mol. The first-order chi connectivity index (χ1) is 12.5. The predicted molar refractivity (Wildman–Crippen MR) is 102 cm³/mol. The lowest BCUT2D eigenvalue weighted by molar-refractivity contribution is -0.116. The van der Waals surface area contributed by atoms with Crippen LogP contribution < -0.4 is 14.4 Å². The van der Waals surface area contributed by atoms with E-state index in [9.17, 15) is 13.2 Å². The number of aryl methyl sites for hydroxylation is 1. The molecule has 0 unspecified atom stereocenters. The third-order valence-electron chi connectivity index (χ3n) is 4.32. The largest absolute Gasteiger partial charge is 0.497 e. The maximum atomic E-state index is 12.2. The Morgan fingerprint density at radius 3 is 2.62 bits per heavy atom. The molecule has 1 N–H and O–H groups in total. The molecular weight excluding hydrogens is 352 g/mol. The molecule has 1 saturated heterocycles. The predicted octanol–water partition coefficient (Wildman–Crippen LogP) is 2.81. The molecule has 1 aliphatic heterocycles. The quantitative estimate of drug-likeness (QED) is 0.844. The van der Waals surface area contributed by atoms with Gasteiger partial charge in [0.2, 0.25) is 15.9 Å². The van der Waals surface area contributed by atoms with Gasteiger partial charge in [-0.25, -0.2) is 8.42 Å². The molecule has 1 fully saturated rings. The molecular formula is C19H22N2O4S. The minimum Gasteiger partial charge on any atom is -0.497 e. The highest BCUT2D eigenvalue weighted by Gasteiger charge is 2.28. The van der Waals surface area contributed by atoms with Gasteiger partial charge in [-0.05, 0) is 48.7 Å². The summed E-state index contributed by atoms with van der Waals surface area (Å²) in [4.78, 5) is 12.2. The zero-order valence-corrected chi connectivity index (χ0v) is 15.5. The lowest BCUT2D eigenvalue weighted by Crippen LogP contribution is -2.25. The van der Waals surface area contributed by atoms with Crippen molar-refractivity contribution in [2.75, 3.05) is 29.0 Å². The van der Waals surface area contributed by atoms with Crippen molar-refractivity contribution in [3.05, 3.63) is 54.1 Å². The summed E-state index contributed by atoms with van der Waals surface area (Å²) in [5.41, 5.74) is 2.25. The maximum absolute atomic E-state index is 12.2. The van der Waals surface area contributed by atoms with E-state index in [2.05, 4.69) is 5.32 Å². The van der Waals surface area contributed by atoms with Crippen molar-refractivity contribution in [2.24, 2.45) is 0 Å². The summed E-state index contributed by atoms with van der Waals surface area (Å²) in [6.45, 7) is 0.483. The molecule has 0 spiro atoms. The summed E-state index contributed by atoms with van der Waals surface area (Å²) in [6, 6.07) is 14.6.